The quantitative estimate of drug-likeness (QED) is 0.276. The van der Waals surface area contributed by atoms with Gasteiger partial charge in [0, 0.05) is 35.0 Å². The largest absolute Gasteiger partial charge is 0.465 e. The lowest BCUT2D eigenvalue weighted by Gasteiger charge is -2.09. The highest BCUT2D eigenvalue weighted by atomic mass is 16.5. The van der Waals surface area contributed by atoms with Crippen LogP contribution in [0.2, 0.25) is 0 Å². The number of nitrogens with one attached hydrogen (secondary N) is 1. The van der Waals surface area contributed by atoms with E-state index < -0.39 is 5.97 Å². The second kappa shape index (κ2) is 9.56. The molecule has 1 N–H and O–H groups in total. The number of aromatic nitrogens is 3. The number of methoxy groups -OCH3 is 1. The molecule has 0 aliphatic carbocycles. The molecule has 5 rings (SSSR count). The van der Waals surface area contributed by atoms with Crippen molar-refractivity contribution in [2.75, 3.05) is 7.11 Å². The Kier molecular flexibility index (Phi) is 6.00. The van der Waals surface area contributed by atoms with Gasteiger partial charge in [-0.15, -0.1) is 0 Å². The summed E-state index contributed by atoms with van der Waals surface area (Å²) < 4.78 is 10.2. The molecule has 35 heavy (non-hydrogen) atoms. The number of rotatable bonds is 7. The number of hydrogen-bond donors (Lipinski definition) is 1. The van der Waals surface area contributed by atoms with Gasteiger partial charge in [0.05, 0.1) is 30.4 Å². The summed E-state index contributed by atoms with van der Waals surface area (Å²) in [7, 11) is 1.36. The van der Waals surface area contributed by atoms with Crippen molar-refractivity contribution >= 4 is 23.3 Å². The zero-order valence-corrected chi connectivity index (χ0v) is 18.8. The van der Waals surface area contributed by atoms with Crippen molar-refractivity contribution in [2.24, 2.45) is 0 Å². The van der Waals surface area contributed by atoms with E-state index in [1.807, 2.05) is 48.5 Å². The first-order valence-corrected chi connectivity index (χ1v) is 10.8. The average molecular weight is 464 g/mol. The maximum absolute atomic E-state index is 12.3. The summed E-state index contributed by atoms with van der Waals surface area (Å²) in [6.45, 7) is 0.297. The molecule has 0 radical (unpaired) electrons. The summed E-state index contributed by atoms with van der Waals surface area (Å²) in [6, 6.07) is 21.3. The number of amides is 1. The number of benzene rings is 2. The van der Waals surface area contributed by atoms with E-state index in [9.17, 15) is 9.59 Å². The molecular formula is C27H20N4O4. The molecule has 172 valence electrons. The Morgan fingerprint density at radius 3 is 2.26 bits per heavy atom. The topological polar surface area (TPSA) is 107 Å². The van der Waals surface area contributed by atoms with E-state index in [1.165, 1.54) is 7.11 Å². The fraction of sp³-hybridized carbons (Fsp3) is 0.0741. The maximum Gasteiger partial charge on any atom is 0.338 e. The van der Waals surface area contributed by atoms with Crippen LogP contribution < -0.4 is 5.32 Å². The molecule has 0 unspecified atom stereocenters. The molecule has 0 atom stereocenters. The van der Waals surface area contributed by atoms with Crippen molar-refractivity contribution in [1.82, 2.24) is 20.4 Å². The van der Waals surface area contributed by atoms with Crippen molar-refractivity contribution in [3.8, 4) is 33.6 Å². The molecule has 0 bridgehead atoms. The molecule has 3 heterocycles. The molecule has 0 spiro atoms. The number of carbonyl (C=O) groups excluding carboxylic acids is 2. The molecule has 0 saturated carbocycles. The van der Waals surface area contributed by atoms with Crippen molar-refractivity contribution in [3.63, 3.8) is 0 Å². The van der Waals surface area contributed by atoms with Gasteiger partial charge in [0.2, 0.25) is 6.41 Å². The van der Waals surface area contributed by atoms with Gasteiger partial charge in [0.15, 0.2) is 5.76 Å². The molecule has 8 heteroatoms. The van der Waals surface area contributed by atoms with E-state index in [1.54, 1.807) is 30.6 Å². The number of esters is 1. The van der Waals surface area contributed by atoms with Gasteiger partial charge in [-0.25, -0.2) is 9.78 Å². The van der Waals surface area contributed by atoms with E-state index in [0.29, 0.717) is 46.6 Å². The number of hydrogen-bond acceptors (Lipinski definition) is 7. The predicted octanol–water partition coefficient (Wildman–Crippen LogP) is 4.65. The van der Waals surface area contributed by atoms with E-state index >= 15 is 0 Å². The highest BCUT2D eigenvalue weighted by Crippen LogP contribution is 2.29. The molecule has 0 fully saturated rings. The minimum Gasteiger partial charge on any atom is -0.465 e. The summed E-state index contributed by atoms with van der Waals surface area (Å²) in [5.41, 5.74) is 6.36. The second-order valence-electron chi connectivity index (χ2n) is 7.77. The Hall–Kier alpha value is -4.85. The zero-order valence-electron chi connectivity index (χ0n) is 18.8. The number of pyridine rings is 2. The smallest absolute Gasteiger partial charge is 0.338 e. The first-order valence-electron chi connectivity index (χ1n) is 10.8. The van der Waals surface area contributed by atoms with Gasteiger partial charge < -0.3 is 14.6 Å². The first-order chi connectivity index (χ1) is 17.2. The lowest BCUT2D eigenvalue weighted by Crippen LogP contribution is -2.08. The Balaban J connectivity index is 1.40. The van der Waals surface area contributed by atoms with Crippen LogP contribution in [0.4, 0.5) is 0 Å². The van der Waals surface area contributed by atoms with Gasteiger partial charge in [-0.2, -0.15) is 0 Å². The highest BCUT2D eigenvalue weighted by Gasteiger charge is 2.15. The molecule has 8 nitrogen and oxygen atoms in total. The summed E-state index contributed by atoms with van der Waals surface area (Å²) in [5, 5.41) is 7.26. The molecule has 2 aromatic carbocycles. The summed E-state index contributed by atoms with van der Waals surface area (Å²) in [6.07, 6.45) is 3.88. The number of nitrogens with zero attached hydrogens (tertiary/aromatic N) is 3. The molecule has 3 aromatic heterocycles. The molecular weight excluding hydrogens is 444 g/mol. The second-order valence-corrected chi connectivity index (χ2v) is 7.77. The average Bonchev–Trinajstić information content (AvgIpc) is 3.40. The van der Waals surface area contributed by atoms with Gasteiger partial charge >= 0.3 is 5.97 Å². The number of carbonyl (C=O) groups is 2. The number of ether oxygens (including phenoxy) is 1. The van der Waals surface area contributed by atoms with Gasteiger partial charge in [-0.1, -0.05) is 53.7 Å². The van der Waals surface area contributed by atoms with E-state index in [0.717, 1.165) is 22.3 Å². The van der Waals surface area contributed by atoms with Crippen LogP contribution in [0.3, 0.4) is 0 Å². The third-order valence-corrected chi connectivity index (χ3v) is 5.63. The standard InChI is InChI=1S/C27H20N4O4/c1-34-27(33)22-13-25(30-24-10-11-28-15-23(22)24)19-6-2-17(3-7-19)18-4-8-20(9-5-18)26-12-21(35-31-26)14-29-16-32/h2-13,15-16H,14H2,1H3,(H,29,32). The molecule has 5 aromatic rings. The lowest BCUT2D eigenvalue weighted by atomic mass is 10.00. The molecule has 1 amide bonds. The van der Waals surface area contributed by atoms with Gasteiger partial charge in [-0.3, -0.25) is 9.78 Å². The zero-order chi connectivity index (χ0) is 24.2. The molecule has 0 aliphatic heterocycles. The van der Waals surface area contributed by atoms with Crippen LogP contribution >= 0.6 is 0 Å². The van der Waals surface area contributed by atoms with Crippen molar-refractivity contribution in [3.05, 3.63) is 90.4 Å². The minimum atomic E-state index is -0.428. The van der Waals surface area contributed by atoms with Crippen molar-refractivity contribution < 1.29 is 18.8 Å². The Bertz CT molecular complexity index is 1510. The lowest BCUT2D eigenvalue weighted by molar-refractivity contribution is -0.109. The van der Waals surface area contributed by atoms with Crippen LogP contribution in [0.25, 0.3) is 44.5 Å². The summed E-state index contributed by atoms with van der Waals surface area (Å²) in [5.74, 6) is 0.156. The normalized spacial score (nSPS) is 10.8. The van der Waals surface area contributed by atoms with Crippen LogP contribution in [-0.2, 0) is 16.1 Å². The Morgan fingerprint density at radius 2 is 1.60 bits per heavy atom. The Labute approximate surface area is 200 Å². The van der Waals surface area contributed by atoms with Crippen LogP contribution in [0.5, 0.6) is 0 Å². The molecule has 0 saturated heterocycles. The third-order valence-electron chi connectivity index (χ3n) is 5.63. The highest BCUT2D eigenvalue weighted by molar-refractivity contribution is 6.04. The fourth-order valence-electron chi connectivity index (χ4n) is 3.84. The minimum absolute atomic E-state index is 0.297. The van der Waals surface area contributed by atoms with Crippen LogP contribution in [0.15, 0.2) is 83.6 Å². The van der Waals surface area contributed by atoms with Crippen molar-refractivity contribution in [2.45, 2.75) is 6.54 Å². The van der Waals surface area contributed by atoms with E-state index in [-0.39, 0.29) is 0 Å². The van der Waals surface area contributed by atoms with Gasteiger partial charge in [0.25, 0.3) is 0 Å². The summed E-state index contributed by atoms with van der Waals surface area (Å²) in [4.78, 5) is 31.6. The predicted molar refractivity (Wildman–Crippen MR) is 130 cm³/mol. The summed E-state index contributed by atoms with van der Waals surface area (Å²) >= 11 is 0. The molecule has 0 aliphatic rings. The fourth-order valence-corrected chi connectivity index (χ4v) is 3.84. The SMILES string of the molecule is COC(=O)c1cc(-c2ccc(-c3ccc(-c4cc(CNC=O)on4)cc3)cc2)nc2ccncc12. The number of fused-ring (bicyclic) bond motifs is 1. The van der Waals surface area contributed by atoms with E-state index in [4.69, 9.17) is 14.2 Å². The first kappa shape index (κ1) is 22.0. The van der Waals surface area contributed by atoms with Crippen LogP contribution in [-0.4, -0.2) is 34.6 Å². The van der Waals surface area contributed by atoms with Gasteiger partial charge in [0.1, 0.15) is 5.69 Å². The van der Waals surface area contributed by atoms with Crippen LogP contribution in [0.1, 0.15) is 16.1 Å². The maximum atomic E-state index is 12.3. The Morgan fingerprint density at radius 1 is 0.943 bits per heavy atom. The monoisotopic (exact) mass is 464 g/mol. The van der Waals surface area contributed by atoms with E-state index in [2.05, 4.69) is 15.5 Å². The third kappa shape index (κ3) is 4.49. The van der Waals surface area contributed by atoms with Gasteiger partial charge in [-0.05, 0) is 23.3 Å². The van der Waals surface area contributed by atoms with Crippen molar-refractivity contribution in [1.29, 1.82) is 0 Å². The van der Waals surface area contributed by atoms with Crippen LogP contribution in [0, 0.1) is 0 Å².